The summed E-state index contributed by atoms with van der Waals surface area (Å²) in [7, 11) is 0. The van der Waals surface area contributed by atoms with E-state index >= 15 is 0 Å². The first kappa shape index (κ1) is 15.2. The number of carbonyl (C=O) groups excluding carboxylic acids is 2. The maximum absolute atomic E-state index is 11.7. The molecule has 1 aromatic carbocycles. The molecule has 0 aliphatic carbocycles. The van der Waals surface area contributed by atoms with Gasteiger partial charge in [0.15, 0.2) is 0 Å². The topological polar surface area (TPSA) is 58.2 Å². The quantitative estimate of drug-likeness (QED) is 0.790. The van der Waals surface area contributed by atoms with Crippen molar-refractivity contribution < 1.29 is 9.59 Å². The molecule has 19 heavy (non-hydrogen) atoms. The van der Waals surface area contributed by atoms with Crippen LogP contribution in [0.3, 0.4) is 0 Å². The van der Waals surface area contributed by atoms with Gasteiger partial charge in [0, 0.05) is 24.6 Å². The number of rotatable bonds is 7. The number of hydrogen-bond donors (Lipinski definition) is 2. The summed E-state index contributed by atoms with van der Waals surface area (Å²) in [4.78, 5) is 23.3. The fourth-order valence-corrected chi connectivity index (χ4v) is 1.83. The summed E-state index contributed by atoms with van der Waals surface area (Å²) < 4.78 is 0. The van der Waals surface area contributed by atoms with Crippen molar-refractivity contribution in [2.45, 2.75) is 39.2 Å². The highest BCUT2D eigenvalue weighted by Crippen LogP contribution is 1.98. The summed E-state index contributed by atoms with van der Waals surface area (Å²) in [5.74, 6) is -0.163. The molecule has 0 radical (unpaired) electrons. The van der Waals surface area contributed by atoms with Crippen LogP contribution in [-0.2, 0) is 4.79 Å². The lowest BCUT2D eigenvalue weighted by atomic mass is 10.2. The molecule has 0 aliphatic heterocycles. The maximum Gasteiger partial charge on any atom is 0.251 e. The second-order valence-corrected chi connectivity index (χ2v) is 4.63. The Hall–Kier alpha value is -1.84. The molecule has 0 bridgehead atoms. The Morgan fingerprint density at radius 3 is 2.53 bits per heavy atom. The van der Waals surface area contributed by atoms with E-state index in [2.05, 4.69) is 17.6 Å². The predicted molar refractivity (Wildman–Crippen MR) is 75.9 cm³/mol. The minimum absolute atomic E-state index is 0.0192. The molecule has 0 saturated heterocycles. The summed E-state index contributed by atoms with van der Waals surface area (Å²) in [6.45, 7) is 4.44. The molecule has 1 atom stereocenters. The van der Waals surface area contributed by atoms with Crippen molar-refractivity contribution in [3.05, 3.63) is 35.9 Å². The third-order valence-corrected chi connectivity index (χ3v) is 2.80. The van der Waals surface area contributed by atoms with Crippen LogP contribution in [0, 0.1) is 0 Å². The van der Waals surface area contributed by atoms with Crippen molar-refractivity contribution in [1.82, 2.24) is 10.6 Å². The van der Waals surface area contributed by atoms with E-state index in [0.717, 1.165) is 12.8 Å². The van der Waals surface area contributed by atoms with Gasteiger partial charge in [0.25, 0.3) is 5.91 Å². The molecule has 0 saturated carbocycles. The van der Waals surface area contributed by atoms with E-state index < -0.39 is 0 Å². The molecular weight excluding hydrogens is 240 g/mol. The number of carbonyl (C=O) groups is 2. The van der Waals surface area contributed by atoms with Crippen LogP contribution in [0.25, 0.3) is 0 Å². The van der Waals surface area contributed by atoms with Crippen LogP contribution < -0.4 is 10.6 Å². The first-order valence-electron chi connectivity index (χ1n) is 6.76. The zero-order valence-corrected chi connectivity index (χ0v) is 11.6. The van der Waals surface area contributed by atoms with Crippen LogP contribution in [0.1, 0.15) is 43.5 Å². The van der Waals surface area contributed by atoms with Crippen LogP contribution in [0.2, 0.25) is 0 Å². The SMILES string of the molecule is CCC[C@H](C)NC(=O)CCNC(=O)c1ccccc1. The van der Waals surface area contributed by atoms with Gasteiger partial charge in [-0.05, 0) is 25.5 Å². The Balaban J connectivity index is 2.23. The molecule has 4 heteroatoms. The Morgan fingerprint density at radius 1 is 1.21 bits per heavy atom. The lowest BCUT2D eigenvalue weighted by molar-refractivity contribution is -0.121. The highest BCUT2D eigenvalue weighted by molar-refractivity contribution is 5.94. The van der Waals surface area contributed by atoms with E-state index in [9.17, 15) is 9.59 Å². The van der Waals surface area contributed by atoms with Crippen molar-refractivity contribution in [2.24, 2.45) is 0 Å². The second-order valence-electron chi connectivity index (χ2n) is 4.63. The van der Waals surface area contributed by atoms with Crippen LogP contribution in [0.5, 0.6) is 0 Å². The zero-order valence-electron chi connectivity index (χ0n) is 11.6. The Bertz CT molecular complexity index is 404. The summed E-state index contributed by atoms with van der Waals surface area (Å²) in [6, 6.07) is 9.18. The maximum atomic E-state index is 11.7. The summed E-state index contributed by atoms with van der Waals surface area (Å²) in [5.41, 5.74) is 0.613. The van der Waals surface area contributed by atoms with E-state index in [-0.39, 0.29) is 17.9 Å². The number of nitrogens with one attached hydrogen (secondary N) is 2. The summed E-state index contributed by atoms with van der Waals surface area (Å²) >= 11 is 0. The molecule has 0 spiro atoms. The van der Waals surface area contributed by atoms with Gasteiger partial charge in [-0.2, -0.15) is 0 Å². The first-order chi connectivity index (χ1) is 9.13. The molecule has 104 valence electrons. The highest BCUT2D eigenvalue weighted by Gasteiger charge is 2.08. The lowest BCUT2D eigenvalue weighted by Crippen LogP contribution is -2.35. The van der Waals surface area contributed by atoms with Crippen molar-refractivity contribution >= 4 is 11.8 Å². The van der Waals surface area contributed by atoms with Gasteiger partial charge in [-0.1, -0.05) is 31.5 Å². The molecule has 4 nitrogen and oxygen atoms in total. The van der Waals surface area contributed by atoms with E-state index in [0.29, 0.717) is 18.5 Å². The molecule has 0 heterocycles. The fraction of sp³-hybridized carbons (Fsp3) is 0.467. The molecule has 0 fully saturated rings. The third-order valence-electron chi connectivity index (χ3n) is 2.80. The van der Waals surface area contributed by atoms with Crippen LogP contribution in [0.4, 0.5) is 0 Å². The van der Waals surface area contributed by atoms with E-state index in [1.807, 2.05) is 25.1 Å². The van der Waals surface area contributed by atoms with Crippen LogP contribution in [0.15, 0.2) is 30.3 Å². The average Bonchev–Trinajstić information content (AvgIpc) is 2.39. The van der Waals surface area contributed by atoms with Gasteiger partial charge >= 0.3 is 0 Å². The molecule has 0 aliphatic rings. The minimum Gasteiger partial charge on any atom is -0.354 e. The van der Waals surface area contributed by atoms with Gasteiger partial charge in [0.2, 0.25) is 5.91 Å². The van der Waals surface area contributed by atoms with Crippen molar-refractivity contribution in [3.8, 4) is 0 Å². The number of amides is 2. The van der Waals surface area contributed by atoms with Gasteiger partial charge in [0.05, 0.1) is 0 Å². The lowest BCUT2D eigenvalue weighted by Gasteiger charge is -2.12. The van der Waals surface area contributed by atoms with Gasteiger partial charge < -0.3 is 10.6 Å². The van der Waals surface area contributed by atoms with Crippen molar-refractivity contribution in [3.63, 3.8) is 0 Å². The number of hydrogen-bond acceptors (Lipinski definition) is 2. The van der Waals surface area contributed by atoms with Crippen LogP contribution in [-0.4, -0.2) is 24.4 Å². The third kappa shape index (κ3) is 6.04. The first-order valence-corrected chi connectivity index (χ1v) is 6.76. The highest BCUT2D eigenvalue weighted by atomic mass is 16.2. The van der Waals surface area contributed by atoms with Gasteiger partial charge in [-0.3, -0.25) is 9.59 Å². The predicted octanol–water partition coefficient (Wildman–Crippen LogP) is 2.11. The van der Waals surface area contributed by atoms with Crippen LogP contribution >= 0.6 is 0 Å². The van der Waals surface area contributed by atoms with Gasteiger partial charge in [-0.25, -0.2) is 0 Å². The standard InChI is InChI=1S/C15H22N2O2/c1-3-7-12(2)17-14(18)10-11-16-15(19)13-8-5-4-6-9-13/h4-6,8-9,12H,3,7,10-11H2,1-2H3,(H,16,19)(H,17,18)/t12-/m0/s1. The average molecular weight is 262 g/mol. The zero-order chi connectivity index (χ0) is 14.1. The van der Waals surface area contributed by atoms with E-state index in [1.54, 1.807) is 12.1 Å². The van der Waals surface area contributed by atoms with Gasteiger partial charge in [-0.15, -0.1) is 0 Å². The molecule has 2 amide bonds. The molecule has 1 rings (SSSR count). The summed E-state index contributed by atoms with van der Waals surface area (Å²) in [6.07, 6.45) is 2.33. The Kier molecular flexibility index (Phi) is 6.64. The number of benzene rings is 1. The molecule has 0 unspecified atom stereocenters. The van der Waals surface area contributed by atoms with Crippen molar-refractivity contribution in [1.29, 1.82) is 0 Å². The fourth-order valence-electron chi connectivity index (χ4n) is 1.83. The Labute approximate surface area is 114 Å². The normalized spacial score (nSPS) is 11.7. The smallest absolute Gasteiger partial charge is 0.251 e. The minimum atomic E-state index is -0.144. The second kappa shape index (κ2) is 8.29. The summed E-state index contributed by atoms with van der Waals surface area (Å²) in [5, 5.41) is 5.64. The van der Waals surface area contributed by atoms with E-state index in [4.69, 9.17) is 0 Å². The molecular formula is C15H22N2O2. The largest absolute Gasteiger partial charge is 0.354 e. The Morgan fingerprint density at radius 2 is 1.89 bits per heavy atom. The van der Waals surface area contributed by atoms with Gasteiger partial charge in [0.1, 0.15) is 0 Å². The molecule has 2 N–H and O–H groups in total. The molecule has 1 aromatic rings. The monoisotopic (exact) mass is 262 g/mol. The van der Waals surface area contributed by atoms with E-state index in [1.165, 1.54) is 0 Å². The molecule has 0 aromatic heterocycles. The van der Waals surface area contributed by atoms with Crippen molar-refractivity contribution in [2.75, 3.05) is 6.54 Å².